The van der Waals surface area contributed by atoms with Gasteiger partial charge in [0.05, 0.1) is 17.2 Å². The molecule has 1 aliphatic carbocycles. The highest BCUT2D eigenvalue weighted by molar-refractivity contribution is 9.10. The van der Waals surface area contributed by atoms with Gasteiger partial charge in [0.15, 0.2) is 0 Å². The average molecular weight is 747 g/mol. The van der Waals surface area contributed by atoms with Crippen molar-refractivity contribution in [2.75, 3.05) is 17.5 Å². The summed E-state index contributed by atoms with van der Waals surface area (Å²) in [5.74, 6) is -0.152. The first-order valence-corrected chi connectivity index (χ1v) is 19.1. The van der Waals surface area contributed by atoms with Crippen molar-refractivity contribution in [2.45, 2.75) is 75.9 Å². The molecule has 0 heterocycles. The number of nitrogens with one attached hydrogen (secondary N) is 1. The zero-order valence-electron chi connectivity index (χ0n) is 28.1. The molecular formula is C39H44BrN3O5S. The second-order valence-electron chi connectivity index (χ2n) is 12.5. The van der Waals surface area contributed by atoms with Crippen molar-refractivity contribution >= 4 is 43.5 Å². The fourth-order valence-corrected chi connectivity index (χ4v) is 8.03. The maximum Gasteiger partial charge on any atom is 0.264 e. The van der Waals surface area contributed by atoms with Crippen LogP contribution in [0.1, 0.15) is 55.7 Å². The Morgan fingerprint density at radius 2 is 1.55 bits per heavy atom. The lowest BCUT2D eigenvalue weighted by Gasteiger charge is -2.35. The Bertz CT molecular complexity index is 1790. The molecule has 2 amide bonds. The molecule has 1 saturated carbocycles. The van der Waals surface area contributed by atoms with Crippen molar-refractivity contribution in [1.82, 2.24) is 10.2 Å². The molecule has 0 aliphatic heterocycles. The van der Waals surface area contributed by atoms with Gasteiger partial charge in [0, 0.05) is 23.5 Å². The van der Waals surface area contributed by atoms with E-state index >= 15 is 0 Å². The maximum absolute atomic E-state index is 14.7. The predicted octanol–water partition coefficient (Wildman–Crippen LogP) is 7.44. The molecule has 5 rings (SSSR count). The lowest BCUT2D eigenvalue weighted by molar-refractivity contribution is -0.140. The third-order valence-corrected chi connectivity index (χ3v) is 11.1. The van der Waals surface area contributed by atoms with E-state index in [0.717, 1.165) is 57.6 Å². The number of carbonyl (C=O) groups excluding carboxylic acids is 2. The van der Waals surface area contributed by atoms with Crippen LogP contribution in [0.5, 0.6) is 5.75 Å². The van der Waals surface area contributed by atoms with E-state index in [1.165, 1.54) is 0 Å². The van der Waals surface area contributed by atoms with Crippen LogP contribution in [0.2, 0.25) is 0 Å². The molecule has 1 aliphatic rings. The van der Waals surface area contributed by atoms with E-state index < -0.39 is 28.5 Å². The fraction of sp³-hybridized carbons (Fsp3) is 0.333. The number of carbonyl (C=O) groups is 2. The van der Waals surface area contributed by atoms with Crippen LogP contribution in [0.3, 0.4) is 0 Å². The minimum Gasteiger partial charge on any atom is -0.494 e. The van der Waals surface area contributed by atoms with Crippen LogP contribution in [0.15, 0.2) is 112 Å². The molecule has 0 saturated heterocycles. The van der Waals surface area contributed by atoms with Gasteiger partial charge in [-0.25, -0.2) is 8.42 Å². The summed E-state index contributed by atoms with van der Waals surface area (Å²) in [4.78, 5) is 30.6. The normalized spacial score (nSPS) is 14.1. The van der Waals surface area contributed by atoms with Gasteiger partial charge in [-0.1, -0.05) is 95.4 Å². The van der Waals surface area contributed by atoms with Gasteiger partial charge in [-0.05, 0) is 86.3 Å². The number of sulfonamides is 1. The van der Waals surface area contributed by atoms with Crippen molar-refractivity contribution in [3.8, 4) is 5.75 Å². The quantitative estimate of drug-likeness (QED) is 0.145. The number of ether oxygens (including phenoxy) is 1. The van der Waals surface area contributed by atoms with Crippen molar-refractivity contribution in [1.29, 1.82) is 0 Å². The van der Waals surface area contributed by atoms with E-state index in [9.17, 15) is 18.0 Å². The Morgan fingerprint density at radius 3 is 2.20 bits per heavy atom. The van der Waals surface area contributed by atoms with Crippen LogP contribution in [-0.2, 0) is 32.6 Å². The summed E-state index contributed by atoms with van der Waals surface area (Å²) < 4.78 is 36.2. The minimum absolute atomic E-state index is 0.0320. The molecule has 1 atom stereocenters. The van der Waals surface area contributed by atoms with E-state index in [-0.39, 0.29) is 29.8 Å². The first-order chi connectivity index (χ1) is 23.6. The van der Waals surface area contributed by atoms with E-state index in [1.54, 1.807) is 53.4 Å². The summed E-state index contributed by atoms with van der Waals surface area (Å²) in [6.07, 6.45) is 5.29. The molecule has 1 fully saturated rings. The summed E-state index contributed by atoms with van der Waals surface area (Å²) >= 11 is 3.54. The Kier molecular flexibility index (Phi) is 12.5. The van der Waals surface area contributed by atoms with E-state index in [2.05, 4.69) is 21.2 Å². The van der Waals surface area contributed by atoms with Crippen LogP contribution in [0.25, 0.3) is 0 Å². The van der Waals surface area contributed by atoms with Gasteiger partial charge >= 0.3 is 0 Å². The van der Waals surface area contributed by atoms with Crippen molar-refractivity contribution < 1.29 is 22.7 Å². The van der Waals surface area contributed by atoms with E-state index in [4.69, 9.17) is 4.74 Å². The number of hydrogen-bond donors (Lipinski definition) is 1. The van der Waals surface area contributed by atoms with E-state index in [1.807, 2.05) is 68.4 Å². The maximum atomic E-state index is 14.7. The molecule has 10 heteroatoms. The molecule has 258 valence electrons. The van der Waals surface area contributed by atoms with Gasteiger partial charge in [0.1, 0.15) is 18.3 Å². The summed E-state index contributed by atoms with van der Waals surface area (Å²) in [6, 6.07) is 29.6. The molecule has 0 spiro atoms. The summed E-state index contributed by atoms with van der Waals surface area (Å²) in [7, 11) is -4.19. The zero-order valence-corrected chi connectivity index (χ0v) is 30.5. The summed E-state index contributed by atoms with van der Waals surface area (Å²) in [5, 5.41) is 3.25. The number of nitrogens with zero attached hydrogens (tertiary/aromatic N) is 2. The third-order valence-electron chi connectivity index (χ3n) is 8.79. The second kappa shape index (κ2) is 17.0. The molecule has 8 nitrogen and oxygen atoms in total. The van der Waals surface area contributed by atoms with Crippen molar-refractivity contribution in [2.24, 2.45) is 0 Å². The van der Waals surface area contributed by atoms with Crippen molar-refractivity contribution in [3.05, 3.63) is 124 Å². The number of rotatable bonds is 14. The minimum atomic E-state index is -4.19. The molecule has 1 N–H and O–H groups in total. The third kappa shape index (κ3) is 9.73. The van der Waals surface area contributed by atoms with Gasteiger partial charge < -0.3 is 15.0 Å². The number of benzene rings is 4. The van der Waals surface area contributed by atoms with Crippen LogP contribution in [0.4, 0.5) is 5.69 Å². The molecule has 0 bridgehead atoms. The Labute approximate surface area is 298 Å². The zero-order chi connectivity index (χ0) is 34.8. The van der Waals surface area contributed by atoms with Gasteiger partial charge in [-0.3, -0.25) is 13.9 Å². The predicted molar refractivity (Wildman–Crippen MR) is 197 cm³/mol. The van der Waals surface area contributed by atoms with Gasteiger partial charge in [-0.2, -0.15) is 0 Å². The average Bonchev–Trinajstić information content (AvgIpc) is 3.10. The molecule has 4 aromatic carbocycles. The SMILES string of the molecule is CCOc1ccc(N(CC(=O)N(Cc2cccc(Br)c2)[C@H](Cc2ccccc2)C(=O)NC2CCCCC2)S(=O)(=O)c2ccc(C)cc2)cc1. The van der Waals surface area contributed by atoms with Gasteiger partial charge in [0.25, 0.3) is 10.0 Å². The number of amides is 2. The largest absolute Gasteiger partial charge is 0.494 e. The first kappa shape index (κ1) is 36.1. The number of aryl methyl sites for hydroxylation is 1. The van der Waals surface area contributed by atoms with Crippen LogP contribution < -0.4 is 14.4 Å². The number of anilines is 1. The van der Waals surface area contributed by atoms with Crippen LogP contribution in [0, 0.1) is 6.92 Å². The Balaban J connectivity index is 1.56. The molecule has 49 heavy (non-hydrogen) atoms. The van der Waals surface area contributed by atoms with Gasteiger partial charge in [0.2, 0.25) is 11.8 Å². The first-order valence-electron chi connectivity index (χ1n) is 16.8. The number of hydrogen-bond acceptors (Lipinski definition) is 5. The summed E-state index contributed by atoms with van der Waals surface area (Å²) in [5.41, 5.74) is 2.93. The Hall–Kier alpha value is -4.15. The molecule has 0 radical (unpaired) electrons. The van der Waals surface area contributed by atoms with Crippen LogP contribution >= 0.6 is 15.9 Å². The summed E-state index contributed by atoms with van der Waals surface area (Å²) in [6.45, 7) is 3.81. The van der Waals surface area contributed by atoms with E-state index in [0.29, 0.717) is 18.0 Å². The van der Waals surface area contributed by atoms with Crippen LogP contribution in [-0.4, -0.2) is 50.4 Å². The fourth-order valence-electron chi connectivity index (χ4n) is 6.17. The Morgan fingerprint density at radius 1 is 0.878 bits per heavy atom. The molecule has 0 unspecified atom stereocenters. The van der Waals surface area contributed by atoms with Crippen molar-refractivity contribution in [3.63, 3.8) is 0 Å². The monoisotopic (exact) mass is 745 g/mol. The van der Waals surface area contributed by atoms with Gasteiger partial charge in [-0.15, -0.1) is 0 Å². The lowest BCUT2D eigenvalue weighted by atomic mass is 9.94. The highest BCUT2D eigenvalue weighted by atomic mass is 79.9. The molecular weight excluding hydrogens is 702 g/mol. The smallest absolute Gasteiger partial charge is 0.264 e. The second-order valence-corrected chi connectivity index (χ2v) is 15.2. The molecule has 0 aromatic heterocycles. The highest BCUT2D eigenvalue weighted by Gasteiger charge is 2.35. The standard InChI is InChI=1S/C39H44BrN3O5S/c1-3-48-35-21-19-34(20-22-35)43(49(46,47)36-23-17-29(2)18-24-36)28-38(44)42(27-31-13-10-14-32(40)25-31)37(26-30-11-6-4-7-12-30)39(45)41-33-15-8-5-9-16-33/h4,6-7,10-14,17-25,33,37H,3,5,8-9,15-16,26-28H2,1-2H3,(H,41,45)/t37-/m1/s1. The highest BCUT2D eigenvalue weighted by Crippen LogP contribution is 2.28. The topological polar surface area (TPSA) is 96.0 Å². The lowest BCUT2D eigenvalue weighted by Crippen LogP contribution is -2.55. The number of halogens is 1. The molecule has 4 aromatic rings.